The molecule has 0 fully saturated rings. The lowest BCUT2D eigenvalue weighted by atomic mass is 10.0. The predicted molar refractivity (Wildman–Crippen MR) is 136 cm³/mol. The first-order chi connectivity index (χ1) is 18.8. The van der Waals surface area contributed by atoms with Gasteiger partial charge in [-0.1, -0.05) is 0 Å². The SMILES string of the molecule is COc1nc2c3c(nc(-c4cc(N)nc(C)c4C(F)(F)F)c(F)c3n1)OC[C@H](C)N2C(C)c1cc(F)cnc1N. The molecule has 40 heavy (non-hydrogen) atoms. The van der Waals surface area contributed by atoms with Gasteiger partial charge in [-0.25, -0.2) is 23.7 Å². The zero-order valence-electron chi connectivity index (χ0n) is 21.6. The number of nitrogens with zero attached hydrogens (tertiary/aromatic N) is 6. The van der Waals surface area contributed by atoms with Gasteiger partial charge in [0.05, 0.1) is 36.6 Å². The number of nitrogens with two attached hydrogens (primary N) is 2. The summed E-state index contributed by atoms with van der Waals surface area (Å²) >= 11 is 0. The number of rotatable bonds is 4. The molecular formula is C25H23F5N8O2. The Hall–Kier alpha value is -4.56. The van der Waals surface area contributed by atoms with Crippen molar-refractivity contribution in [1.82, 2.24) is 24.9 Å². The Morgan fingerprint density at radius 1 is 1.12 bits per heavy atom. The highest BCUT2D eigenvalue weighted by Gasteiger charge is 2.39. The summed E-state index contributed by atoms with van der Waals surface area (Å²) in [4.78, 5) is 22.0. The summed E-state index contributed by atoms with van der Waals surface area (Å²) in [6.07, 6.45) is -3.92. The highest BCUT2D eigenvalue weighted by molar-refractivity contribution is 5.97. The van der Waals surface area contributed by atoms with Crippen LogP contribution in [-0.4, -0.2) is 44.7 Å². The molecule has 0 amide bonds. The first-order valence-corrected chi connectivity index (χ1v) is 11.9. The maximum absolute atomic E-state index is 16.2. The largest absolute Gasteiger partial charge is 0.475 e. The van der Waals surface area contributed by atoms with Gasteiger partial charge >= 0.3 is 12.2 Å². The van der Waals surface area contributed by atoms with Crippen LogP contribution >= 0.6 is 0 Å². The van der Waals surface area contributed by atoms with Crippen LogP contribution in [-0.2, 0) is 6.18 Å². The van der Waals surface area contributed by atoms with E-state index in [2.05, 4.69) is 24.9 Å². The number of ether oxygens (including phenoxy) is 2. The molecule has 5 heterocycles. The normalized spacial score (nSPS) is 16.0. The van der Waals surface area contributed by atoms with E-state index in [9.17, 15) is 17.6 Å². The zero-order valence-corrected chi connectivity index (χ0v) is 21.6. The van der Waals surface area contributed by atoms with Crippen molar-refractivity contribution in [2.45, 2.75) is 39.0 Å². The average molecular weight is 563 g/mol. The molecule has 4 aromatic rings. The van der Waals surface area contributed by atoms with E-state index < -0.39 is 57.9 Å². The fraction of sp³-hybridized carbons (Fsp3) is 0.320. The molecule has 0 spiro atoms. The van der Waals surface area contributed by atoms with Crippen molar-refractivity contribution in [1.29, 1.82) is 0 Å². The number of nitrogen functional groups attached to an aromatic ring is 2. The van der Waals surface area contributed by atoms with Gasteiger partial charge in [-0.3, -0.25) is 0 Å². The first kappa shape index (κ1) is 27.0. The molecule has 1 aliphatic heterocycles. The minimum Gasteiger partial charge on any atom is -0.475 e. The van der Waals surface area contributed by atoms with Crippen molar-refractivity contribution in [3.05, 3.63) is 46.8 Å². The van der Waals surface area contributed by atoms with E-state index in [4.69, 9.17) is 20.9 Å². The van der Waals surface area contributed by atoms with Crippen LogP contribution < -0.4 is 25.8 Å². The van der Waals surface area contributed by atoms with Gasteiger partial charge in [0, 0.05) is 11.1 Å². The second-order valence-electron chi connectivity index (χ2n) is 9.26. The Kier molecular flexibility index (Phi) is 6.46. The molecule has 0 radical (unpaired) electrons. The minimum atomic E-state index is -4.90. The van der Waals surface area contributed by atoms with E-state index in [0.29, 0.717) is 5.56 Å². The van der Waals surface area contributed by atoms with Crippen LogP contribution in [0.1, 0.15) is 36.7 Å². The molecule has 0 aliphatic carbocycles. The molecule has 0 aromatic carbocycles. The van der Waals surface area contributed by atoms with Gasteiger partial charge < -0.3 is 25.8 Å². The molecular weight excluding hydrogens is 539 g/mol. The summed E-state index contributed by atoms with van der Waals surface area (Å²) in [5.41, 5.74) is 8.73. The summed E-state index contributed by atoms with van der Waals surface area (Å²) in [5.74, 6) is -2.12. The Balaban J connectivity index is 1.82. The van der Waals surface area contributed by atoms with Crippen LogP contribution in [0, 0.1) is 18.6 Å². The molecule has 210 valence electrons. The Bertz CT molecular complexity index is 1650. The number of hydrogen-bond donors (Lipinski definition) is 2. The number of anilines is 3. The zero-order chi connectivity index (χ0) is 29.1. The van der Waals surface area contributed by atoms with Crippen LogP contribution in [0.15, 0.2) is 18.3 Å². The number of hydrogen-bond acceptors (Lipinski definition) is 10. The standard InChI is InChI=1S/C25H23F5N8O2/c1-9-8-40-23-16-20(18(27)19(35-23)14-6-15(31)34-10(2)17(14)25(28,29)30)36-24(39-4)37-22(16)38(9)11(3)13-5-12(26)7-33-21(13)32/h5-7,9,11H,8H2,1-4H3,(H2,31,34)(H2,32,33)/t9-,11?/m0/s1. The molecule has 10 nitrogen and oxygen atoms in total. The molecule has 0 bridgehead atoms. The Morgan fingerprint density at radius 2 is 1.85 bits per heavy atom. The van der Waals surface area contributed by atoms with Crippen molar-refractivity contribution in [3.63, 3.8) is 0 Å². The molecule has 0 saturated carbocycles. The second-order valence-corrected chi connectivity index (χ2v) is 9.26. The number of halogens is 5. The lowest BCUT2D eigenvalue weighted by molar-refractivity contribution is -0.137. The lowest BCUT2D eigenvalue weighted by Crippen LogP contribution is -2.39. The maximum Gasteiger partial charge on any atom is 0.418 e. The smallest absolute Gasteiger partial charge is 0.418 e. The van der Waals surface area contributed by atoms with E-state index in [1.54, 1.807) is 18.7 Å². The molecule has 4 aromatic heterocycles. The third-order valence-corrected chi connectivity index (χ3v) is 6.62. The van der Waals surface area contributed by atoms with E-state index in [1.807, 2.05) is 0 Å². The summed E-state index contributed by atoms with van der Waals surface area (Å²) in [6, 6.07) is 0.678. The van der Waals surface area contributed by atoms with Crippen LogP contribution in [0.2, 0.25) is 0 Å². The van der Waals surface area contributed by atoms with Crippen LogP contribution in [0.3, 0.4) is 0 Å². The fourth-order valence-corrected chi connectivity index (χ4v) is 4.91. The summed E-state index contributed by atoms with van der Waals surface area (Å²) < 4.78 is 83.7. The third kappa shape index (κ3) is 4.40. The monoisotopic (exact) mass is 562 g/mol. The topological polar surface area (TPSA) is 138 Å². The van der Waals surface area contributed by atoms with Gasteiger partial charge in [-0.2, -0.15) is 23.1 Å². The molecule has 0 saturated heterocycles. The van der Waals surface area contributed by atoms with Crippen LogP contribution in [0.25, 0.3) is 22.2 Å². The Morgan fingerprint density at radius 3 is 2.52 bits per heavy atom. The van der Waals surface area contributed by atoms with Crippen molar-refractivity contribution in [2.75, 3.05) is 30.1 Å². The molecule has 4 N–H and O–H groups in total. The first-order valence-electron chi connectivity index (χ1n) is 11.9. The van der Waals surface area contributed by atoms with Gasteiger partial charge in [-0.15, -0.1) is 0 Å². The highest BCUT2D eigenvalue weighted by atomic mass is 19.4. The van der Waals surface area contributed by atoms with Crippen LogP contribution in [0.5, 0.6) is 11.9 Å². The summed E-state index contributed by atoms with van der Waals surface area (Å²) in [5, 5.41) is -0.0199. The molecule has 15 heteroatoms. The lowest BCUT2D eigenvalue weighted by Gasteiger charge is -2.34. The fourth-order valence-electron chi connectivity index (χ4n) is 4.91. The van der Waals surface area contributed by atoms with Gasteiger partial charge in [0.15, 0.2) is 5.82 Å². The third-order valence-electron chi connectivity index (χ3n) is 6.62. The van der Waals surface area contributed by atoms with Gasteiger partial charge in [0.1, 0.15) is 46.5 Å². The van der Waals surface area contributed by atoms with Gasteiger partial charge in [-0.05, 0) is 32.9 Å². The van der Waals surface area contributed by atoms with E-state index in [0.717, 1.165) is 19.2 Å². The highest BCUT2D eigenvalue weighted by Crippen LogP contribution is 2.45. The van der Waals surface area contributed by atoms with E-state index in [-0.39, 0.29) is 41.3 Å². The van der Waals surface area contributed by atoms with Gasteiger partial charge in [0.2, 0.25) is 5.88 Å². The summed E-state index contributed by atoms with van der Waals surface area (Å²) in [7, 11) is 1.25. The molecule has 1 unspecified atom stereocenters. The van der Waals surface area contributed by atoms with Crippen LogP contribution in [0.4, 0.5) is 39.4 Å². The minimum absolute atomic E-state index is 0.0199. The maximum atomic E-state index is 16.2. The number of methoxy groups -OCH3 is 1. The Labute approximate surface area is 224 Å². The van der Waals surface area contributed by atoms with E-state index >= 15 is 4.39 Å². The quantitative estimate of drug-likeness (QED) is 0.339. The van der Waals surface area contributed by atoms with Crippen molar-refractivity contribution < 1.29 is 31.4 Å². The van der Waals surface area contributed by atoms with Crippen molar-refractivity contribution in [3.8, 4) is 23.1 Å². The average Bonchev–Trinajstić information content (AvgIpc) is 3.01. The molecule has 5 rings (SSSR count). The number of aromatic nitrogens is 5. The van der Waals surface area contributed by atoms with E-state index in [1.165, 1.54) is 13.2 Å². The predicted octanol–water partition coefficient (Wildman–Crippen LogP) is 4.61. The number of pyridine rings is 3. The van der Waals surface area contributed by atoms with Crippen molar-refractivity contribution >= 4 is 28.4 Å². The van der Waals surface area contributed by atoms with Gasteiger partial charge in [0.25, 0.3) is 0 Å². The number of aryl methyl sites for hydroxylation is 1. The number of alkyl halides is 3. The molecule has 2 atom stereocenters. The van der Waals surface area contributed by atoms with Crippen molar-refractivity contribution in [2.24, 2.45) is 0 Å². The summed E-state index contributed by atoms with van der Waals surface area (Å²) in [6.45, 7) is 4.54. The second kappa shape index (κ2) is 9.57. The molecule has 1 aliphatic rings.